The molecule has 0 aliphatic heterocycles. The molecule has 1 aromatic carbocycles. The zero-order valence-electron chi connectivity index (χ0n) is 11.8. The number of methoxy groups -OCH3 is 1. The van der Waals surface area contributed by atoms with Crippen LogP contribution in [0.15, 0.2) is 18.2 Å². The Hall–Kier alpha value is -1.55. The van der Waals surface area contributed by atoms with Crippen LogP contribution in [0.25, 0.3) is 0 Å². The lowest BCUT2D eigenvalue weighted by Gasteiger charge is -2.34. The summed E-state index contributed by atoms with van der Waals surface area (Å²) in [6, 6.07) is 6.23. The second-order valence-corrected chi connectivity index (χ2v) is 5.43. The van der Waals surface area contributed by atoms with E-state index in [1.807, 2.05) is 26.1 Å². The lowest BCUT2D eigenvalue weighted by atomic mass is 9.80. The normalized spacial score (nSPS) is 21.7. The topological polar surface area (TPSA) is 55.6 Å². The first-order chi connectivity index (χ1) is 9.01. The van der Waals surface area contributed by atoms with Gasteiger partial charge in [-0.15, -0.1) is 0 Å². The van der Waals surface area contributed by atoms with E-state index in [2.05, 4.69) is 6.07 Å². The highest BCUT2D eigenvalue weighted by Gasteiger charge is 2.33. The van der Waals surface area contributed by atoms with Crippen molar-refractivity contribution in [3.63, 3.8) is 0 Å². The summed E-state index contributed by atoms with van der Waals surface area (Å²) in [7, 11) is 3.52. The third-order valence-corrected chi connectivity index (χ3v) is 3.78. The van der Waals surface area contributed by atoms with Crippen molar-refractivity contribution in [2.45, 2.75) is 32.4 Å². The molecule has 1 aliphatic carbocycles. The van der Waals surface area contributed by atoms with Crippen LogP contribution in [0.1, 0.15) is 24.0 Å². The molecule has 0 bridgehead atoms. The first kappa shape index (κ1) is 13.9. The van der Waals surface area contributed by atoms with E-state index in [0.29, 0.717) is 6.54 Å². The molecule has 4 heteroatoms. The van der Waals surface area contributed by atoms with Gasteiger partial charge in [-0.3, -0.25) is 4.79 Å². The van der Waals surface area contributed by atoms with Gasteiger partial charge >= 0.3 is 0 Å². The Morgan fingerprint density at radius 3 is 2.68 bits per heavy atom. The Balaban J connectivity index is 1.96. The number of carbonyl (C=O) groups excluding carboxylic acids is 1. The Morgan fingerprint density at radius 2 is 2.16 bits per heavy atom. The molecule has 0 unspecified atom stereocenters. The first-order valence-corrected chi connectivity index (χ1v) is 6.65. The highest BCUT2D eigenvalue weighted by Crippen LogP contribution is 2.28. The van der Waals surface area contributed by atoms with E-state index in [-0.39, 0.29) is 17.9 Å². The third kappa shape index (κ3) is 3.07. The fraction of sp³-hybridized carbons (Fsp3) is 0.533. The molecule has 2 rings (SSSR count). The first-order valence-electron chi connectivity index (χ1n) is 6.65. The minimum Gasteiger partial charge on any atom is -0.496 e. The van der Waals surface area contributed by atoms with Gasteiger partial charge in [0, 0.05) is 25.6 Å². The maximum atomic E-state index is 12.1. The number of ether oxygens (including phenoxy) is 1. The molecular formula is C15H22N2O2. The quantitative estimate of drug-likeness (QED) is 0.898. The van der Waals surface area contributed by atoms with Gasteiger partial charge in [-0.25, -0.2) is 0 Å². The van der Waals surface area contributed by atoms with Crippen LogP contribution in [-0.4, -0.2) is 31.0 Å². The van der Waals surface area contributed by atoms with E-state index in [4.69, 9.17) is 10.5 Å². The van der Waals surface area contributed by atoms with Crippen LogP contribution >= 0.6 is 0 Å². The summed E-state index contributed by atoms with van der Waals surface area (Å²) in [6.45, 7) is 2.64. The molecule has 104 valence electrons. The average Bonchev–Trinajstić information content (AvgIpc) is 2.34. The van der Waals surface area contributed by atoms with E-state index >= 15 is 0 Å². The summed E-state index contributed by atoms with van der Waals surface area (Å²) < 4.78 is 5.23. The van der Waals surface area contributed by atoms with Crippen molar-refractivity contribution in [2.24, 2.45) is 11.7 Å². The minimum atomic E-state index is 0.124. The van der Waals surface area contributed by atoms with Gasteiger partial charge in [0.05, 0.1) is 7.11 Å². The number of carbonyl (C=O) groups is 1. The van der Waals surface area contributed by atoms with E-state index in [0.717, 1.165) is 29.7 Å². The molecule has 0 atom stereocenters. The van der Waals surface area contributed by atoms with E-state index < -0.39 is 0 Å². The van der Waals surface area contributed by atoms with Crippen LogP contribution < -0.4 is 10.5 Å². The lowest BCUT2D eigenvalue weighted by molar-refractivity contribution is -0.137. The lowest BCUT2D eigenvalue weighted by Crippen LogP contribution is -2.45. The molecule has 1 aromatic rings. The number of hydrogen-bond donors (Lipinski definition) is 1. The monoisotopic (exact) mass is 262 g/mol. The molecule has 0 aromatic heterocycles. The number of nitrogens with two attached hydrogens (primary N) is 1. The number of benzene rings is 1. The fourth-order valence-electron chi connectivity index (χ4n) is 2.57. The molecule has 4 nitrogen and oxygen atoms in total. The van der Waals surface area contributed by atoms with Crippen molar-refractivity contribution in [3.05, 3.63) is 29.3 Å². The predicted octanol–water partition coefficient (Wildman–Crippen LogP) is 1.70. The number of hydrogen-bond acceptors (Lipinski definition) is 3. The second kappa shape index (κ2) is 5.61. The molecule has 0 radical (unpaired) electrons. The smallest absolute Gasteiger partial charge is 0.225 e. The van der Waals surface area contributed by atoms with Gasteiger partial charge in [0.2, 0.25) is 5.91 Å². The van der Waals surface area contributed by atoms with Gasteiger partial charge in [0.15, 0.2) is 0 Å². The summed E-state index contributed by atoms with van der Waals surface area (Å²) >= 11 is 0. The molecule has 1 saturated carbocycles. The number of amides is 1. The van der Waals surface area contributed by atoms with E-state index in [9.17, 15) is 4.79 Å². The van der Waals surface area contributed by atoms with Crippen molar-refractivity contribution < 1.29 is 9.53 Å². The number of aryl methyl sites for hydroxylation is 1. The Bertz CT molecular complexity index is 467. The largest absolute Gasteiger partial charge is 0.496 e. The Morgan fingerprint density at radius 1 is 1.47 bits per heavy atom. The van der Waals surface area contributed by atoms with Gasteiger partial charge < -0.3 is 15.4 Å². The molecule has 19 heavy (non-hydrogen) atoms. The van der Waals surface area contributed by atoms with Crippen LogP contribution in [0.5, 0.6) is 5.75 Å². The Kier molecular flexibility index (Phi) is 4.10. The summed E-state index contributed by atoms with van der Waals surface area (Å²) in [6.07, 6.45) is 1.65. The summed E-state index contributed by atoms with van der Waals surface area (Å²) in [5.41, 5.74) is 7.94. The van der Waals surface area contributed by atoms with Crippen LogP contribution in [-0.2, 0) is 11.3 Å². The van der Waals surface area contributed by atoms with Gasteiger partial charge in [0.1, 0.15) is 5.75 Å². The van der Waals surface area contributed by atoms with E-state index in [1.54, 1.807) is 12.0 Å². The van der Waals surface area contributed by atoms with Crippen molar-refractivity contribution in [1.82, 2.24) is 4.90 Å². The average molecular weight is 262 g/mol. The predicted molar refractivity (Wildman–Crippen MR) is 74.9 cm³/mol. The van der Waals surface area contributed by atoms with Crippen molar-refractivity contribution in [1.29, 1.82) is 0 Å². The molecule has 1 amide bonds. The van der Waals surface area contributed by atoms with Crippen LogP contribution in [0.4, 0.5) is 0 Å². The van der Waals surface area contributed by atoms with Crippen molar-refractivity contribution >= 4 is 5.91 Å². The molecule has 1 fully saturated rings. The minimum absolute atomic E-state index is 0.124. The maximum Gasteiger partial charge on any atom is 0.225 e. The van der Waals surface area contributed by atoms with Gasteiger partial charge in [-0.2, -0.15) is 0 Å². The zero-order chi connectivity index (χ0) is 14.0. The molecule has 0 saturated heterocycles. The van der Waals surface area contributed by atoms with Crippen molar-refractivity contribution in [3.8, 4) is 5.75 Å². The summed E-state index contributed by atoms with van der Waals surface area (Å²) in [5.74, 6) is 1.21. The standard InChI is InChI=1S/C15H22N2O2/c1-10-6-11(4-5-14(10)19-3)9-17(2)15(18)12-7-13(16)8-12/h4-6,12-13H,7-9,16H2,1-3H3. The van der Waals surface area contributed by atoms with Crippen LogP contribution in [0, 0.1) is 12.8 Å². The zero-order valence-corrected chi connectivity index (χ0v) is 11.8. The van der Waals surface area contributed by atoms with Gasteiger partial charge in [-0.05, 0) is 37.0 Å². The molecule has 0 heterocycles. The number of nitrogens with zero attached hydrogens (tertiary/aromatic N) is 1. The molecular weight excluding hydrogens is 240 g/mol. The maximum absolute atomic E-state index is 12.1. The van der Waals surface area contributed by atoms with Crippen molar-refractivity contribution in [2.75, 3.05) is 14.2 Å². The second-order valence-electron chi connectivity index (χ2n) is 5.43. The van der Waals surface area contributed by atoms with Gasteiger partial charge in [-0.1, -0.05) is 12.1 Å². The SMILES string of the molecule is COc1ccc(CN(C)C(=O)C2CC(N)C2)cc1C. The number of rotatable bonds is 4. The third-order valence-electron chi connectivity index (χ3n) is 3.78. The Labute approximate surface area is 114 Å². The highest BCUT2D eigenvalue weighted by atomic mass is 16.5. The molecule has 0 spiro atoms. The summed E-state index contributed by atoms with van der Waals surface area (Å²) in [4.78, 5) is 13.9. The molecule has 1 aliphatic rings. The molecule has 2 N–H and O–H groups in total. The summed E-state index contributed by atoms with van der Waals surface area (Å²) in [5, 5.41) is 0. The fourth-order valence-corrected chi connectivity index (χ4v) is 2.57. The van der Waals surface area contributed by atoms with Crippen LogP contribution in [0.3, 0.4) is 0 Å². The van der Waals surface area contributed by atoms with Gasteiger partial charge in [0.25, 0.3) is 0 Å². The van der Waals surface area contributed by atoms with Crippen LogP contribution in [0.2, 0.25) is 0 Å². The van der Waals surface area contributed by atoms with E-state index in [1.165, 1.54) is 0 Å². The highest BCUT2D eigenvalue weighted by molar-refractivity contribution is 5.79.